The molecule has 0 radical (unpaired) electrons. The molecule has 0 atom stereocenters. The van der Waals surface area contributed by atoms with Gasteiger partial charge in [0.2, 0.25) is 0 Å². The summed E-state index contributed by atoms with van der Waals surface area (Å²) in [5, 5.41) is 4.17. The maximum atomic E-state index is 12.1. The van der Waals surface area contributed by atoms with Crippen LogP contribution in [0, 0.1) is 0 Å². The number of carbonyl (C=O) groups is 1. The number of piperazine rings is 1. The van der Waals surface area contributed by atoms with Crippen molar-refractivity contribution >= 4 is 11.6 Å². The van der Waals surface area contributed by atoms with E-state index in [4.69, 9.17) is 0 Å². The molecule has 1 saturated heterocycles. The molecule has 0 bridgehead atoms. The second-order valence-electron chi connectivity index (χ2n) is 6.51. The van der Waals surface area contributed by atoms with E-state index >= 15 is 0 Å². The lowest BCUT2D eigenvalue weighted by atomic mass is 10.2. The zero-order chi connectivity index (χ0) is 18.2. The fourth-order valence-corrected chi connectivity index (χ4v) is 2.97. The monoisotopic (exact) mass is 351 g/mol. The van der Waals surface area contributed by atoms with E-state index in [0.717, 1.165) is 44.0 Å². The summed E-state index contributed by atoms with van der Waals surface area (Å²) >= 11 is 0. The van der Waals surface area contributed by atoms with Crippen molar-refractivity contribution in [3.63, 3.8) is 0 Å². The van der Waals surface area contributed by atoms with Crippen molar-refractivity contribution in [2.24, 2.45) is 5.10 Å². The molecule has 6 heteroatoms. The molecule has 0 aliphatic carbocycles. The number of rotatable bonds is 6. The molecule has 1 amide bonds. The van der Waals surface area contributed by atoms with Crippen LogP contribution in [0.1, 0.15) is 18.1 Å². The normalized spacial score (nSPS) is 16.4. The lowest BCUT2D eigenvalue weighted by Gasteiger charge is -2.34. The maximum Gasteiger partial charge on any atom is 0.254 e. The fraction of sp³-hybridized carbons (Fsp3) is 0.350. The Hall–Kier alpha value is -2.57. The quantitative estimate of drug-likeness (QED) is 0.636. The highest BCUT2D eigenvalue weighted by molar-refractivity contribution is 5.98. The third kappa shape index (κ3) is 5.47. The Morgan fingerprint density at radius 3 is 2.50 bits per heavy atom. The van der Waals surface area contributed by atoms with Gasteiger partial charge in [0, 0.05) is 50.7 Å². The Labute approximate surface area is 154 Å². The third-order valence-corrected chi connectivity index (χ3v) is 4.51. The number of amides is 1. The summed E-state index contributed by atoms with van der Waals surface area (Å²) in [5.41, 5.74) is 5.63. The molecule has 1 N–H and O–H groups in total. The maximum absolute atomic E-state index is 12.1. The summed E-state index contributed by atoms with van der Waals surface area (Å²) in [5.74, 6) is -0.0789. The topological polar surface area (TPSA) is 60.8 Å². The lowest BCUT2D eigenvalue weighted by molar-refractivity contribution is -0.122. The standard InChI is InChI=1S/C20H25N5O/c1-17(19-8-5-9-21-14-19)22-23-20(26)16-25-12-10-24(11-13-25)15-18-6-3-2-4-7-18/h2-9,14H,10-13,15-16H2,1H3,(H,23,26)/b22-17-. The molecule has 1 aromatic carbocycles. The minimum atomic E-state index is -0.0789. The van der Waals surface area contributed by atoms with E-state index in [9.17, 15) is 4.79 Å². The van der Waals surface area contributed by atoms with Crippen LogP contribution in [0.3, 0.4) is 0 Å². The Balaban J connectivity index is 1.41. The lowest BCUT2D eigenvalue weighted by Crippen LogP contribution is -2.48. The second-order valence-corrected chi connectivity index (χ2v) is 6.51. The van der Waals surface area contributed by atoms with Crippen LogP contribution in [0.15, 0.2) is 60.0 Å². The van der Waals surface area contributed by atoms with Crippen molar-refractivity contribution in [1.82, 2.24) is 20.2 Å². The fourth-order valence-electron chi connectivity index (χ4n) is 2.97. The molecule has 1 aliphatic rings. The molecule has 0 unspecified atom stereocenters. The van der Waals surface area contributed by atoms with Crippen molar-refractivity contribution in [2.75, 3.05) is 32.7 Å². The van der Waals surface area contributed by atoms with Gasteiger partial charge < -0.3 is 0 Å². The molecular formula is C20H25N5O. The van der Waals surface area contributed by atoms with Crippen molar-refractivity contribution in [3.8, 4) is 0 Å². The molecule has 6 nitrogen and oxygen atoms in total. The van der Waals surface area contributed by atoms with Crippen LogP contribution in [-0.2, 0) is 11.3 Å². The summed E-state index contributed by atoms with van der Waals surface area (Å²) in [6.45, 7) is 6.94. The van der Waals surface area contributed by atoms with E-state index < -0.39 is 0 Å². The first kappa shape index (κ1) is 18.2. The summed E-state index contributed by atoms with van der Waals surface area (Å²) in [7, 11) is 0. The van der Waals surface area contributed by atoms with Crippen LogP contribution >= 0.6 is 0 Å². The van der Waals surface area contributed by atoms with Crippen LogP contribution in [0.4, 0.5) is 0 Å². The minimum absolute atomic E-state index is 0.0789. The number of hydrogen-bond acceptors (Lipinski definition) is 5. The van der Waals surface area contributed by atoms with Crippen LogP contribution < -0.4 is 5.43 Å². The number of hydrazone groups is 1. The zero-order valence-corrected chi connectivity index (χ0v) is 15.1. The molecule has 136 valence electrons. The average Bonchev–Trinajstić information content (AvgIpc) is 2.69. The Bertz CT molecular complexity index is 724. The number of benzene rings is 1. The molecule has 26 heavy (non-hydrogen) atoms. The van der Waals surface area contributed by atoms with Gasteiger partial charge in [0.05, 0.1) is 12.3 Å². The minimum Gasteiger partial charge on any atom is -0.297 e. The van der Waals surface area contributed by atoms with E-state index in [-0.39, 0.29) is 5.91 Å². The second kappa shape index (κ2) is 9.22. The molecule has 0 spiro atoms. The van der Waals surface area contributed by atoms with E-state index in [1.54, 1.807) is 12.4 Å². The molecule has 1 aliphatic heterocycles. The smallest absolute Gasteiger partial charge is 0.254 e. The van der Waals surface area contributed by atoms with Crippen molar-refractivity contribution in [1.29, 1.82) is 0 Å². The molecular weight excluding hydrogens is 326 g/mol. The summed E-state index contributed by atoms with van der Waals surface area (Å²) in [4.78, 5) is 20.8. The predicted octanol–water partition coefficient (Wildman–Crippen LogP) is 1.74. The van der Waals surface area contributed by atoms with E-state index in [1.165, 1.54) is 5.56 Å². The average molecular weight is 351 g/mol. The molecule has 3 rings (SSSR count). The Morgan fingerprint density at radius 2 is 1.81 bits per heavy atom. The van der Waals surface area contributed by atoms with Crippen LogP contribution in [0.2, 0.25) is 0 Å². The largest absolute Gasteiger partial charge is 0.297 e. The zero-order valence-electron chi connectivity index (χ0n) is 15.1. The van der Waals surface area contributed by atoms with Gasteiger partial charge in [-0.3, -0.25) is 19.6 Å². The number of hydrogen-bond donors (Lipinski definition) is 1. The van der Waals surface area contributed by atoms with Crippen molar-refractivity contribution < 1.29 is 4.79 Å². The number of carbonyl (C=O) groups excluding carboxylic acids is 1. The van der Waals surface area contributed by atoms with Crippen LogP contribution in [0.25, 0.3) is 0 Å². The van der Waals surface area contributed by atoms with Gasteiger partial charge in [-0.25, -0.2) is 5.43 Å². The first-order valence-electron chi connectivity index (χ1n) is 8.93. The van der Waals surface area contributed by atoms with Crippen LogP contribution in [-0.4, -0.2) is 59.1 Å². The van der Waals surface area contributed by atoms with Gasteiger partial charge in [0.25, 0.3) is 5.91 Å². The SMILES string of the molecule is C/C(=N/NC(=O)CN1CCN(Cc2ccccc2)CC1)c1cccnc1. The Morgan fingerprint density at radius 1 is 1.08 bits per heavy atom. The highest BCUT2D eigenvalue weighted by Crippen LogP contribution is 2.08. The highest BCUT2D eigenvalue weighted by Gasteiger charge is 2.18. The third-order valence-electron chi connectivity index (χ3n) is 4.51. The summed E-state index contributed by atoms with van der Waals surface area (Å²) in [6.07, 6.45) is 3.45. The van der Waals surface area contributed by atoms with Gasteiger partial charge in [-0.1, -0.05) is 36.4 Å². The van der Waals surface area contributed by atoms with Gasteiger partial charge in [-0.05, 0) is 18.6 Å². The van der Waals surface area contributed by atoms with Crippen molar-refractivity contribution in [2.45, 2.75) is 13.5 Å². The molecule has 2 aromatic rings. The van der Waals surface area contributed by atoms with Gasteiger partial charge in [-0.15, -0.1) is 0 Å². The molecule has 1 fully saturated rings. The van der Waals surface area contributed by atoms with Crippen LogP contribution in [0.5, 0.6) is 0 Å². The summed E-state index contributed by atoms with van der Waals surface area (Å²) in [6, 6.07) is 14.3. The number of nitrogens with zero attached hydrogens (tertiary/aromatic N) is 4. The number of aromatic nitrogens is 1. The van der Waals surface area contributed by atoms with E-state index in [1.807, 2.05) is 25.1 Å². The highest BCUT2D eigenvalue weighted by atomic mass is 16.2. The van der Waals surface area contributed by atoms with Gasteiger partial charge >= 0.3 is 0 Å². The van der Waals surface area contributed by atoms with Gasteiger partial charge in [-0.2, -0.15) is 5.10 Å². The van der Waals surface area contributed by atoms with Crippen molar-refractivity contribution in [3.05, 3.63) is 66.0 Å². The first-order chi connectivity index (χ1) is 12.7. The van der Waals surface area contributed by atoms with E-state index in [2.05, 4.69) is 49.6 Å². The summed E-state index contributed by atoms with van der Waals surface area (Å²) < 4.78 is 0. The van der Waals surface area contributed by atoms with Gasteiger partial charge in [0.1, 0.15) is 0 Å². The van der Waals surface area contributed by atoms with E-state index in [0.29, 0.717) is 6.54 Å². The molecule has 0 saturated carbocycles. The molecule has 2 heterocycles. The number of pyridine rings is 1. The van der Waals surface area contributed by atoms with Gasteiger partial charge in [0.15, 0.2) is 0 Å². The first-order valence-corrected chi connectivity index (χ1v) is 8.93. The Kier molecular flexibility index (Phi) is 6.46. The predicted molar refractivity (Wildman–Crippen MR) is 103 cm³/mol. The molecule has 1 aromatic heterocycles. The number of nitrogens with one attached hydrogen (secondary N) is 1.